The summed E-state index contributed by atoms with van der Waals surface area (Å²) in [5, 5.41) is 11.6. The van der Waals surface area contributed by atoms with E-state index in [1.165, 1.54) is 6.07 Å². The molecule has 1 saturated carbocycles. The van der Waals surface area contributed by atoms with Crippen LogP contribution in [0.5, 0.6) is 0 Å². The van der Waals surface area contributed by atoms with Gasteiger partial charge in [-0.15, -0.1) is 0 Å². The topological polar surface area (TPSA) is 85.4 Å². The largest absolute Gasteiger partial charge is 0.477 e. The van der Waals surface area contributed by atoms with Gasteiger partial charge in [-0.3, -0.25) is 4.79 Å². The van der Waals surface area contributed by atoms with Gasteiger partial charge in [-0.1, -0.05) is 0 Å². The van der Waals surface area contributed by atoms with Gasteiger partial charge in [0.1, 0.15) is 17.1 Å². The van der Waals surface area contributed by atoms with Crippen molar-refractivity contribution in [3.05, 3.63) is 11.8 Å². The van der Waals surface area contributed by atoms with Gasteiger partial charge in [-0.2, -0.15) is 0 Å². The molecule has 2 aliphatic rings. The summed E-state index contributed by atoms with van der Waals surface area (Å²) in [7, 11) is 1.81. The number of hydrogen-bond acceptors (Lipinski definition) is 3. The standard InChI is InChI=1S/C10H11N3O3/c1-13-7-5(4-6(11-7)8(14)15)12-9(16)10(13)2-3-10/h4,11H,2-3H2,1H3,(H,12,16)(H,14,15). The molecule has 6 heteroatoms. The number of carboxylic acids is 1. The van der Waals surface area contributed by atoms with E-state index < -0.39 is 11.5 Å². The maximum absolute atomic E-state index is 11.8. The van der Waals surface area contributed by atoms with Crippen molar-refractivity contribution in [2.45, 2.75) is 18.4 Å². The second-order valence-electron chi connectivity index (χ2n) is 4.30. The molecular formula is C10H11N3O3. The van der Waals surface area contributed by atoms with Crippen molar-refractivity contribution >= 4 is 23.4 Å². The molecule has 1 aromatic heterocycles. The number of carbonyl (C=O) groups excluding carboxylic acids is 1. The monoisotopic (exact) mass is 221 g/mol. The van der Waals surface area contributed by atoms with Crippen LogP contribution in [0.4, 0.5) is 11.5 Å². The molecule has 0 saturated heterocycles. The fraction of sp³-hybridized carbons (Fsp3) is 0.400. The Balaban J connectivity index is 2.09. The molecule has 6 nitrogen and oxygen atoms in total. The van der Waals surface area contributed by atoms with E-state index in [1.54, 1.807) is 0 Å². The summed E-state index contributed by atoms with van der Waals surface area (Å²) < 4.78 is 0. The highest BCUT2D eigenvalue weighted by Crippen LogP contribution is 2.48. The first-order chi connectivity index (χ1) is 7.54. The predicted molar refractivity (Wildman–Crippen MR) is 56.7 cm³/mol. The van der Waals surface area contributed by atoms with E-state index in [0.717, 1.165) is 12.8 Å². The molecule has 0 radical (unpaired) electrons. The number of H-pyrrole nitrogens is 1. The van der Waals surface area contributed by atoms with Crippen LogP contribution in [-0.2, 0) is 4.79 Å². The van der Waals surface area contributed by atoms with Gasteiger partial charge in [-0.05, 0) is 18.9 Å². The normalized spacial score (nSPS) is 20.6. The maximum atomic E-state index is 11.8. The zero-order valence-corrected chi connectivity index (χ0v) is 8.70. The molecule has 1 amide bonds. The van der Waals surface area contributed by atoms with Crippen LogP contribution in [0.2, 0.25) is 0 Å². The summed E-state index contributed by atoms with van der Waals surface area (Å²) in [6, 6.07) is 1.45. The maximum Gasteiger partial charge on any atom is 0.352 e. The van der Waals surface area contributed by atoms with Gasteiger partial charge in [-0.25, -0.2) is 4.79 Å². The Hall–Kier alpha value is -1.98. The fourth-order valence-electron chi connectivity index (χ4n) is 2.20. The van der Waals surface area contributed by atoms with Gasteiger partial charge in [0, 0.05) is 7.05 Å². The van der Waals surface area contributed by atoms with E-state index in [-0.39, 0.29) is 11.6 Å². The van der Waals surface area contributed by atoms with E-state index in [9.17, 15) is 9.59 Å². The van der Waals surface area contributed by atoms with Crippen molar-refractivity contribution in [2.75, 3.05) is 17.3 Å². The number of carbonyl (C=O) groups is 2. The van der Waals surface area contributed by atoms with Crippen LogP contribution in [0.3, 0.4) is 0 Å². The van der Waals surface area contributed by atoms with Crippen molar-refractivity contribution in [2.24, 2.45) is 0 Å². The van der Waals surface area contributed by atoms with Crippen LogP contribution in [0.1, 0.15) is 23.3 Å². The summed E-state index contributed by atoms with van der Waals surface area (Å²) in [5.74, 6) is -0.394. The van der Waals surface area contributed by atoms with Crippen molar-refractivity contribution in [1.29, 1.82) is 0 Å². The average molecular weight is 221 g/mol. The molecule has 1 aromatic rings. The van der Waals surface area contributed by atoms with Crippen LogP contribution in [0.25, 0.3) is 0 Å². The smallest absolute Gasteiger partial charge is 0.352 e. The molecule has 0 unspecified atom stereocenters. The van der Waals surface area contributed by atoms with Crippen LogP contribution >= 0.6 is 0 Å². The third-order valence-corrected chi connectivity index (χ3v) is 3.40. The molecule has 3 rings (SSSR count). The molecule has 0 atom stereocenters. The minimum atomic E-state index is -1.03. The second kappa shape index (κ2) is 2.58. The Labute approximate surface area is 91.2 Å². The third kappa shape index (κ3) is 0.959. The number of aromatic carboxylic acids is 1. The zero-order chi connectivity index (χ0) is 11.5. The number of nitrogens with one attached hydrogen (secondary N) is 2. The molecular weight excluding hydrogens is 210 g/mol. The van der Waals surface area contributed by atoms with Gasteiger partial charge < -0.3 is 20.3 Å². The summed E-state index contributed by atoms with van der Waals surface area (Å²) in [4.78, 5) is 27.3. The van der Waals surface area contributed by atoms with Crippen molar-refractivity contribution in [3.8, 4) is 0 Å². The first kappa shape index (κ1) is 9.26. The molecule has 3 N–H and O–H groups in total. The van der Waals surface area contributed by atoms with Gasteiger partial charge in [0.05, 0.1) is 5.69 Å². The quantitative estimate of drug-likeness (QED) is 0.649. The average Bonchev–Trinajstić information content (AvgIpc) is 2.91. The Bertz CT molecular complexity index is 501. The van der Waals surface area contributed by atoms with Crippen LogP contribution in [0.15, 0.2) is 6.07 Å². The molecule has 1 aliphatic carbocycles. The lowest BCUT2D eigenvalue weighted by Gasteiger charge is -2.33. The predicted octanol–water partition coefficient (Wildman–Crippen LogP) is 0.634. The molecule has 0 aromatic carbocycles. The summed E-state index contributed by atoms with van der Waals surface area (Å²) >= 11 is 0. The first-order valence-corrected chi connectivity index (χ1v) is 5.06. The number of aromatic amines is 1. The van der Waals surface area contributed by atoms with E-state index >= 15 is 0 Å². The minimum absolute atomic E-state index is 0.0431. The van der Waals surface area contributed by atoms with Crippen molar-refractivity contribution < 1.29 is 14.7 Å². The lowest BCUT2D eigenvalue weighted by Crippen LogP contribution is -2.48. The third-order valence-electron chi connectivity index (χ3n) is 3.40. The highest BCUT2D eigenvalue weighted by Gasteiger charge is 2.56. The second-order valence-corrected chi connectivity index (χ2v) is 4.30. The van der Waals surface area contributed by atoms with Crippen molar-refractivity contribution in [1.82, 2.24) is 4.98 Å². The van der Waals surface area contributed by atoms with Crippen molar-refractivity contribution in [3.63, 3.8) is 0 Å². The first-order valence-electron chi connectivity index (χ1n) is 5.06. The number of amides is 1. The van der Waals surface area contributed by atoms with Crippen LogP contribution < -0.4 is 10.2 Å². The number of carboxylic acid groups (broad SMARTS) is 1. The summed E-state index contributed by atoms with van der Waals surface area (Å²) in [6.45, 7) is 0. The van der Waals surface area contributed by atoms with E-state index in [1.807, 2.05) is 11.9 Å². The molecule has 0 bridgehead atoms. The number of likely N-dealkylation sites (N-methyl/N-ethyl adjacent to an activating group) is 1. The Morgan fingerprint density at radius 1 is 1.56 bits per heavy atom. The molecule has 2 heterocycles. The summed E-state index contributed by atoms with van der Waals surface area (Å²) in [6.07, 6.45) is 1.63. The number of rotatable bonds is 1. The number of fused-ring (bicyclic) bond motifs is 1. The SMILES string of the molecule is CN1c2[nH]c(C(=O)O)cc2NC(=O)C12CC2. The highest BCUT2D eigenvalue weighted by atomic mass is 16.4. The fourth-order valence-corrected chi connectivity index (χ4v) is 2.20. The van der Waals surface area contributed by atoms with Gasteiger partial charge in [0.25, 0.3) is 0 Å². The molecule has 1 aliphatic heterocycles. The molecule has 1 spiro atoms. The number of anilines is 2. The van der Waals surface area contributed by atoms with Crippen LogP contribution in [-0.4, -0.2) is 34.6 Å². The minimum Gasteiger partial charge on any atom is -0.477 e. The van der Waals surface area contributed by atoms with Gasteiger partial charge in [0.15, 0.2) is 0 Å². The van der Waals surface area contributed by atoms with Crippen LogP contribution in [0, 0.1) is 0 Å². The number of hydrogen-bond donors (Lipinski definition) is 3. The van der Waals surface area contributed by atoms with Gasteiger partial charge >= 0.3 is 5.97 Å². The molecule has 1 fully saturated rings. The Morgan fingerprint density at radius 2 is 2.25 bits per heavy atom. The van der Waals surface area contributed by atoms with E-state index in [0.29, 0.717) is 11.5 Å². The lowest BCUT2D eigenvalue weighted by atomic mass is 10.1. The van der Waals surface area contributed by atoms with E-state index in [2.05, 4.69) is 10.3 Å². The molecule has 84 valence electrons. The number of aromatic nitrogens is 1. The lowest BCUT2D eigenvalue weighted by molar-refractivity contribution is -0.118. The Morgan fingerprint density at radius 3 is 2.81 bits per heavy atom. The highest BCUT2D eigenvalue weighted by molar-refractivity contribution is 6.09. The Kier molecular flexibility index (Phi) is 1.49. The van der Waals surface area contributed by atoms with Gasteiger partial charge in [0.2, 0.25) is 5.91 Å². The zero-order valence-electron chi connectivity index (χ0n) is 8.70. The summed E-state index contributed by atoms with van der Waals surface area (Å²) in [5.41, 5.74) is 0.186. The van der Waals surface area contributed by atoms with E-state index in [4.69, 9.17) is 5.11 Å². The molecule has 16 heavy (non-hydrogen) atoms. The number of nitrogens with zero attached hydrogens (tertiary/aromatic N) is 1.